The first kappa shape index (κ1) is 20.2. The van der Waals surface area contributed by atoms with E-state index in [1.54, 1.807) is 49.4 Å². The Morgan fingerprint density at radius 1 is 1.07 bits per heavy atom. The summed E-state index contributed by atoms with van der Waals surface area (Å²) in [5, 5.41) is 41.7. The van der Waals surface area contributed by atoms with Crippen molar-refractivity contribution in [1.82, 2.24) is 0 Å². The third-order valence-corrected chi connectivity index (χ3v) is 4.58. The fourth-order valence-electron chi connectivity index (χ4n) is 2.93. The maximum atomic E-state index is 12.3. The number of aliphatic hydroxyl groups excluding tert-OH is 4. The van der Waals surface area contributed by atoms with Gasteiger partial charge in [-0.05, 0) is 42.8 Å². The van der Waals surface area contributed by atoms with E-state index in [9.17, 15) is 25.2 Å². The minimum Gasteiger partial charge on any atom is -0.462 e. The molecule has 1 saturated heterocycles. The summed E-state index contributed by atoms with van der Waals surface area (Å²) in [5.41, 5.74) is 1.84. The molecule has 5 atom stereocenters. The van der Waals surface area contributed by atoms with Gasteiger partial charge in [-0.2, -0.15) is 0 Å². The number of hydrogen-bond donors (Lipinski definition) is 5. The second-order valence-electron chi connectivity index (χ2n) is 6.61. The van der Waals surface area contributed by atoms with Crippen LogP contribution in [0.25, 0.3) is 0 Å². The van der Waals surface area contributed by atoms with Gasteiger partial charge < -0.3 is 35.2 Å². The monoisotopic (exact) mass is 389 g/mol. The van der Waals surface area contributed by atoms with Crippen LogP contribution < -0.4 is 10.1 Å². The topological polar surface area (TPSA) is 128 Å². The van der Waals surface area contributed by atoms with E-state index >= 15 is 0 Å². The van der Waals surface area contributed by atoms with E-state index < -0.39 is 37.3 Å². The van der Waals surface area contributed by atoms with Crippen molar-refractivity contribution in [3.05, 3.63) is 59.7 Å². The van der Waals surface area contributed by atoms with Gasteiger partial charge in [0.05, 0.1) is 6.61 Å². The SMILES string of the molecule is Cc1cc(OC2OC(CO)C(O)C(O)C2O)ccc1NC(=O)c1ccccc1. The predicted octanol–water partition coefficient (Wildman–Crippen LogP) is 0.426. The highest BCUT2D eigenvalue weighted by molar-refractivity contribution is 6.04. The largest absolute Gasteiger partial charge is 0.462 e. The van der Waals surface area contributed by atoms with Crippen LogP contribution in [0.5, 0.6) is 5.75 Å². The first-order valence-corrected chi connectivity index (χ1v) is 8.85. The van der Waals surface area contributed by atoms with Gasteiger partial charge >= 0.3 is 0 Å². The first-order chi connectivity index (χ1) is 13.4. The number of carbonyl (C=O) groups is 1. The van der Waals surface area contributed by atoms with Crippen molar-refractivity contribution in [2.24, 2.45) is 0 Å². The molecule has 8 nitrogen and oxygen atoms in total. The Kier molecular flexibility index (Phi) is 6.28. The molecular weight excluding hydrogens is 366 g/mol. The van der Waals surface area contributed by atoms with Crippen LogP contribution in [-0.2, 0) is 4.74 Å². The fraction of sp³-hybridized carbons (Fsp3) is 0.350. The van der Waals surface area contributed by atoms with E-state index in [2.05, 4.69) is 5.32 Å². The molecule has 8 heteroatoms. The van der Waals surface area contributed by atoms with E-state index in [1.165, 1.54) is 0 Å². The zero-order valence-electron chi connectivity index (χ0n) is 15.2. The number of nitrogens with one attached hydrogen (secondary N) is 1. The van der Waals surface area contributed by atoms with E-state index in [4.69, 9.17) is 9.47 Å². The van der Waals surface area contributed by atoms with Crippen LogP contribution in [0, 0.1) is 6.92 Å². The lowest BCUT2D eigenvalue weighted by molar-refractivity contribution is -0.277. The second kappa shape index (κ2) is 8.68. The molecule has 1 heterocycles. The van der Waals surface area contributed by atoms with Gasteiger partial charge in [-0.15, -0.1) is 0 Å². The summed E-state index contributed by atoms with van der Waals surface area (Å²) in [6.45, 7) is 1.25. The molecular formula is C20H23NO7. The molecule has 28 heavy (non-hydrogen) atoms. The van der Waals surface area contributed by atoms with E-state index in [1.807, 2.05) is 6.07 Å². The maximum absolute atomic E-state index is 12.3. The molecule has 0 aliphatic carbocycles. The molecule has 0 saturated carbocycles. The smallest absolute Gasteiger partial charge is 0.255 e. The summed E-state index contributed by atoms with van der Waals surface area (Å²) in [6, 6.07) is 13.7. The Labute approximate surface area is 162 Å². The normalized spacial score (nSPS) is 27.2. The van der Waals surface area contributed by atoms with Crippen LogP contribution in [-0.4, -0.2) is 63.6 Å². The number of carbonyl (C=O) groups excluding carboxylic acids is 1. The standard InChI is InChI=1S/C20H23NO7/c1-11-9-13(27-20-18(25)17(24)16(23)15(10-22)28-20)7-8-14(11)21-19(26)12-5-3-2-4-6-12/h2-9,15-18,20,22-25H,10H2,1H3,(H,21,26). The van der Waals surface area contributed by atoms with Crippen molar-refractivity contribution in [1.29, 1.82) is 0 Å². The van der Waals surface area contributed by atoms with E-state index in [-0.39, 0.29) is 5.91 Å². The number of hydrogen-bond acceptors (Lipinski definition) is 7. The number of benzene rings is 2. The Morgan fingerprint density at radius 2 is 1.79 bits per heavy atom. The van der Waals surface area contributed by atoms with Crippen LogP contribution in [0.2, 0.25) is 0 Å². The molecule has 1 aliphatic heterocycles. The first-order valence-electron chi connectivity index (χ1n) is 8.85. The zero-order valence-corrected chi connectivity index (χ0v) is 15.2. The summed E-state index contributed by atoms with van der Waals surface area (Å²) in [5.74, 6) is 0.0887. The van der Waals surface area contributed by atoms with Crippen LogP contribution in [0.15, 0.2) is 48.5 Å². The van der Waals surface area contributed by atoms with E-state index in [0.29, 0.717) is 22.6 Å². The molecule has 5 N–H and O–H groups in total. The van der Waals surface area contributed by atoms with Crippen molar-refractivity contribution in [2.75, 3.05) is 11.9 Å². The number of ether oxygens (including phenoxy) is 2. The van der Waals surface area contributed by atoms with Crippen LogP contribution in [0.4, 0.5) is 5.69 Å². The molecule has 1 fully saturated rings. The second-order valence-corrected chi connectivity index (χ2v) is 6.61. The van der Waals surface area contributed by atoms with Gasteiger partial charge in [-0.1, -0.05) is 18.2 Å². The van der Waals surface area contributed by atoms with Crippen LogP contribution in [0.1, 0.15) is 15.9 Å². The van der Waals surface area contributed by atoms with Gasteiger partial charge in [0.2, 0.25) is 6.29 Å². The van der Waals surface area contributed by atoms with Crippen molar-refractivity contribution < 1.29 is 34.7 Å². The highest BCUT2D eigenvalue weighted by atomic mass is 16.7. The lowest BCUT2D eigenvalue weighted by Gasteiger charge is -2.39. The predicted molar refractivity (Wildman–Crippen MR) is 100.0 cm³/mol. The highest BCUT2D eigenvalue weighted by Gasteiger charge is 2.44. The third-order valence-electron chi connectivity index (χ3n) is 4.58. The van der Waals surface area contributed by atoms with Crippen molar-refractivity contribution >= 4 is 11.6 Å². The van der Waals surface area contributed by atoms with Crippen molar-refractivity contribution in [3.63, 3.8) is 0 Å². The summed E-state index contributed by atoms with van der Waals surface area (Å²) in [7, 11) is 0. The number of amides is 1. The minimum absolute atomic E-state index is 0.244. The molecule has 1 aliphatic rings. The van der Waals surface area contributed by atoms with Crippen LogP contribution in [0.3, 0.4) is 0 Å². The molecule has 0 radical (unpaired) electrons. The van der Waals surface area contributed by atoms with E-state index in [0.717, 1.165) is 0 Å². The molecule has 150 valence electrons. The molecule has 1 amide bonds. The molecule has 0 spiro atoms. The number of aliphatic hydroxyl groups is 4. The van der Waals surface area contributed by atoms with Crippen molar-refractivity contribution in [2.45, 2.75) is 37.6 Å². The molecule has 5 unspecified atom stereocenters. The molecule has 2 aromatic carbocycles. The Balaban J connectivity index is 1.69. The van der Waals surface area contributed by atoms with Gasteiger partial charge in [0, 0.05) is 11.3 Å². The lowest BCUT2D eigenvalue weighted by atomic mass is 9.99. The summed E-state index contributed by atoms with van der Waals surface area (Å²) >= 11 is 0. The molecule has 3 rings (SSSR count). The minimum atomic E-state index is -1.51. The Morgan fingerprint density at radius 3 is 2.43 bits per heavy atom. The van der Waals surface area contributed by atoms with Gasteiger partial charge in [0.25, 0.3) is 5.91 Å². The average molecular weight is 389 g/mol. The third kappa shape index (κ3) is 4.32. The molecule has 2 aromatic rings. The van der Waals surface area contributed by atoms with Gasteiger partial charge in [0.15, 0.2) is 0 Å². The van der Waals surface area contributed by atoms with Gasteiger partial charge in [-0.3, -0.25) is 4.79 Å². The van der Waals surface area contributed by atoms with Gasteiger partial charge in [0.1, 0.15) is 30.2 Å². The summed E-state index contributed by atoms with van der Waals surface area (Å²) in [6.07, 6.45) is -6.76. The van der Waals surface area contributed by atoms with Gasteiger partial charge in [-0.25, -0.2) is 0 Å². The fourth-order valence-corrected chi connectivity index (χ4v) is 2.93. The zero-order chi connectivity index (χ0) is 20.3. The Bertz CT molecular complexity index is 811. The Hall–Kier alpha value is -2.49. The summed E-state index contributed by atoms with van der Waals surface area (Å²) in [4.78, 5) is 12.3. The number of rotatable bonds is 5. The maximum Gasteiger partial charge on any atom is 0.255 e. The summed E-state index contributed by atoms with van der Waals surface area (Å²) < 4.78 is 10.9. The molecule has 0 bridgehead atoms. The molecule has 0 aromatic heterocycles. The van der Waals surface area contributed by atoms with Crippen molar-refractivity contribution in [3.8, 4) is 5.75 Å². The highest BCUT2D eigenvalue weighted by Crippen LogP contribution is 2.27. The number of aryl methyl sites for hydroxylation is 1. The average Bonchev–Trinajstić information content (AvgIpc) is 2.71. The quantitative estimate of drug-likeness (QED) is 0.501. The lowest BCUT2D eigenvalue weighted by Crippen LogP contribution is -2.60. The number of anilines is 1. The van der Waals surface area contributed by atoms with Crippen LogP contribution >= 0.6 is 0 Å².